The minimum absolute atomic E-state index is 0. The molecule has 0 amide bonds. The number of hydrogen-bond donors (Lipinski definition) is 0. The van der Waals surface area contributed by atoms with Gasteiger partial charge >= 0.3 is 0 Å². The zero-order valence-electron chi connectivity index (χ0n) is 15.5. The number of hydrogen-bond acceptors (Lipinski definition) is 0. The molecule has 0 nitrogen and oxygen atoms in total. The largest absolute Gasteiger partial charge is 0.0654 e. The second-order valence-corrected chi connectivity index (χ2v) is 7.13. The van der Waals surface area contributed by atoms with Gasteiger partial charge < -0.3 is 0 Å². The average Bonchev–Trinajstić information content (AvgIpc) is 2.43. The Kier molecular flexibility index (Phi) is 22.3. The molecule has 0 fully saturated rings. The molecule has 21 heavy (non-hydrogen) atoms. The molecule has 0 N–H and O–H groups in total. The van der Waals surface area contributed by atoms with Crippen LogP contribution >= 0.6 is 0 Å². The monoisotopic (exact) mass is 293 g/mol. The molecule has 3 radical (unpaired) electrons. The standard InChI is InChI=1S/C20H42.B/c1-4-5-6-7-8-9-10-11-12-13-14-15-16-17-18-19-20(2)3;/h20H,4-19H2,1-3H3;. The van der Waals surface area contributed by atoms with Crippen LogP contribution in [-0.4, -0.2) is 8.41 Å². The van der Waals surface area contributed by atoms with Gasteiger partial charge in [0, 0.05) is 8.41 Å². The summed E-state index contributed by atoms with van der Waals surface area (Å²) in [7, 11) is 0. The van der Waals surface area contributed by atoms with Gasteiger partial charge in [-0.05, 0) is 5.92 Å². The molecule has 0 aliphatic rings. The topological polar surface area (TPSA) is 0 Å². The smallest absolute Gasteiger partial charge is 0 e. The highest BCUT2D eigenvalue weighted by molar-refractivity contribution is 5.75. The molecule has 1 heteroatoms. The summed E-state index contributed by atoms with van der Waals surface area (Å²) >= 11 is 0. The average molecular weight is 293 g/mol. The van der Waals surface area contributed by atoms with E-state index in [-0.39, 0.29) is 8.41 Å². The van der Waals surface area contributed by atoms with Crippen molar-refractivity contribution in [1.82, 2.24) is 0 Å². The Bertz CT molecular complexity index is 165. The van der Waals surface area contributed by atoms with Crippen LogP contribution in [-0.2, 0) is 0 Å². The molecule has 0 aliphatic carbocycles. The van der Waals surface area contributed by atoms with Crippen LogP contribution in [0.15, 0.2) is 0 Å². The van der Waals surface area contributed by atoms with Gasteiger partial charge in [0.2, 0.25) is 0 Å². The van der Waals surface area contributed by atoms with Crippen LogP contribution in [0, 0.1) is 5.92 Å². The van der Waals surface area contributed by atoms with Gasteiger partial charge in [0.15, 0.2) is 0 Å². The van der Waals surface area contributed by atoms with Crippen molar-refractivity contribution in [2.75, 3.05) is 0 Å². The van der Waals surface area contributed by atoms with Crippen molar-refractivity contribution < 1.29 is 0 Å². The Labute approximate surface area is 138 Å². The second kappa shape index (κ2) is 20.1. The Balaban J connectivity index is 0. The Morgan fingerprint density at radius 3 is 1.05 bits per heavy atom. The third kappa shape index (κ3) is 22.5. The van der Waals surface area contributed by atoms with Crippen LogP contribution < -0.4 is 0 Å². The lowest BCUT2D eigenvalue weighted by Crippen LogP contribution is -1.87. The number of unbranched alkanes of at least 4 members (excludes halogenated alkanes) is 14. The molecule has 0 heterocycles. The minimum Gasteiger partial charge on any atom is -0.0654 e. The summed E-state index contributed by atoms with van der Waals surface area (Å²) in [5, 5.41) is 0. The van der Waals surface area contributed by atoms with E-state index in [0.29, 0.717) is 0 Å². The minimum atomic E-state index is 0. The SMILES string of the molecule is CCCCCCCCCCCCCCCCCC(C)C.[B]. The molecular weight excluding hydrogens is 251 g/mol. The zero-order chi connectivity index (χ0) is 14.9. The third-order valence-corrected chi connectivity index (χ3v) is 4.39. The fourth-order valence-electron chi connectivity index (χ4n) is 2.92. The first-order valence-electron chi connectivity index (χ1n) is 9.77. The fraction of sp³-hybridized carbons (Fsp3) is 1.00. The maximum Gasteiger partial charge on any atom is 0 e. The molecule has 0 saturated carbocycles. The molecule has 0 saturated heterocycles. The van der Waals surface area contributed by atoms with E-state index < -0.39 is 0 Å². The van der Waals surface area contributed by atoms with Gasteiger partial charge in [-0.3, -0.25) is 0 Å². The van der Waals surface area contributed by atoms with Crippen molar-refractivity contribution in [2.24, 2.45) is 5.92 Å². The highest BCUT2D eigenvalue weighted by Gasteiger charge is 1.95. The maximum absolute atomic E-state index is 2.34. The third-order valence-electron chi connectivity index (χ3n) is 4.39. The van der Waals surface area contributed by atoms with E-state index in [2.05, 4.69) is 20.8 Å². The summed E-state index contributed by atoms with van der Waals surface area (Å²) in [6, 6.07) is 0. The zero-order valence-corrected chi connectivity index (χ0v) is 15.5. The maximum atomic E-state index is 2.34. The van der Waals surface area contributed by atoms with Crippen LogP contribution in [0.3, 0.4) is 0 Å². The summed E-state index contributed by atoms with van der Waals surface area (Å²) in [5.74, 6) is 0.900. The Hall–Kier alpha value is 0.0649. The molecule has 0 aromatic carbocycles. The van der Waals surface area contributed by atoms with Crippen LogP contribution in [0.1, 0.15) is 124 Å². The lowest BCUT2D eigenvalue weighted by Gasteiger charge is -2.05. The summed E-state index contributed by atoms with van der Waals surface area (Å²) in [5.41, 5.74) is 0. The molecule has 0 aliphatic heterocycles. The van der Waals surface area contributed by atoms with E-state index in [9.17, 15) is 0 Å². The molecule has 0 bridgehead atoms. The van der Waals surface area contributed by atoms with Crippen molar-refractivity contribution >= 4 is 8.41 Å². The highest BCUT2D eigenvalue weighted by atomic mass is 14.0. The molecule has 0 aromatic heterocycles. The van der Waals surface area contributed by atoms with Gasteiger partial charge in [-0.25, -0.2) is 0 Å². The van der Waals surface area contributed by atoms with Crippen molar-refractivity contribution in [3.8, 4) is 0 Å². The van der Waals surface area contributed by atoms with Crippen molar-refractivity contribution in [2.45, 2.75) is 124 Å². The van der Waals surface area contributed by atoms with Gasteiger partial charge in [-0.1, -0.05) is 124 Å². The lowest BCUT2D eigenvalue weighted by atomic mass is 10.0. The van der Waals surface area contributed by atoms with Crippen molar-refractivity contribution in [3.63, 3.8) is 0 Å². The van der Waals surface area contributed by atoms with Gasteiger partial charge in [-0.15, -0.1) is 0 Å². The molecular formula is C20H42B. The molecule has 0 spiro atoms. The molecule has 0 aromatic rings. The van der Waals surface area contributed by atoms with Crippen molar-refractivity contribution in [3.05, 3.63) is 0 Å². The lowest BCUT2D eigenvalue weighted by molar-refractivity contribution is 0.502. The molecule has 125 valence electrons. The second-order valence-electron chi connectivity index (χ2n) is 7.13. The van der Waals surface area contributed by atoms with Crippen LogP contribution in [0.2, 0.25) is 0 Å². The van der Waals surface area contributed by atoms with Crippen LogP contribution in [0.25, 0.3) is 0 Å². The molecule has 0 unspecified atom stereocenters. The first kappa shape index (κ1) is 23.3. The predicted octanol–water partition coefficient (Wildman–Crippen LogP) is 7.52. The summed E-state index contributed by atoms with van der Waals surface area (Å²) in [6.07, 6.45) is 23.5. The van der Waals surface area contributed by atoms with E-state index in [1.807, 2.05) is 0 Å². The van der Waals surface area contributed by atoms with Crippen molar-refractivity contribution in [1.29, 1.82) is 0 Å². The van der Waals surface area contributed by atoms with E-state index in [0.717, 1.165) is 5.92 Å². The predicted molar refractivity (Wildman–Crippen MR) is 100 cm³/mol. The first-order valence-corrected chi connectivity index (χ1v) is 9.77. The molecule has 0 atom stereocenters. The van der Waals surface area contributed by atoms with Crippen LogP contribution in [0.4, 0.5) is 0 Å². The Morgan fingerprint density at radius 1 is 0.476 bits per heavy atom. The van der Waals surface area contributed by atoms with Gasteiger partial charge in [0.1, 0.15) is 0 Å². The summed E-state index contributed by atoms with van der Waals surface area (Å²) < 4.78 is 0. The van der Waals surface area contributed by atoms with E-state index >= 15 is 0 Å². The normalized spacial score (nSPS) is 10.9. The summed E-state index contributed by atoms with van der Waals surface area (Å²) in [4.78, 5) is 0. The number of rotatable bonds is 16. The quantitative estimate of drug-likeness (QED) is 0.204. The highest BCUT2D eigenvalue weighted by Crippen LogP contribution is 2.14. The van der Waals surface area contributed by atoms with Gasteiger partial charge in [-0.2, -0.15) is 0 Å². The summed E-state index contributed by atoms with van der Waals surface area (Å²) in [6.45, 7) is 6.97. The van der Waals surface area contributed by atoms with Crippen LogP contribution in [0.5, 0.6) is 0 Å². The van der Waals surface area contributed by atoms with E-state index in [4.69, 9.17) is 0 Å². The fourth-order valence-corrected chi connectivity index (χ4v) is 2.92. The first-order chi connectivity index (χ1) is 9.77. The van der Waals surface area contributed by atoms with E-state index in [1.54, 1.807) is 0 Å². The van der Waals surface area contributed by atoms with E-state index in [1.165, 1.54) is 103 Å². The molecule has 0 rings (SSSR count). The van der Waals surface area contributed by atoms with Gasteiger partial charge in [0.05, 0.1) is 0 Å². The Morgan fingerprint density at radius 2 is 0.762 bits per heavy atom. The van der Waals surface area contributed by atoms with Gasteiger partial charge in [0.25, 0.3) is 0 Å².